The molecule has 1 saturated heterocycles. The smallest absolute Gasteiger partial charge is 0.862 e. The molecule has 1 aliphatic rings. The van der Waals surface area contributed by atoms with Crippen LogP contribution in [0.2, 0.25) is 0 Å². The Bertz CT molecular complexity index is 1450. The topological polar surface area (TPSA) is 274 Å². The fourth-order valence-corrected chi connectivity index (χ4v) is 9.76. The van der Waals surface area contributed by atoms with E-state index in [0.29, 0.717) is 106 Å². The number of carboxylic acid groups (broad SMARTS) is 1. The Morgan fingerprint density at radius 1 is 0.488 bits per heavy atom. The van der Waals surface area contributed by atoms with Crippen molar-refractivity contribution < 1.29 is 148 Å². The Morgan fingerprint density at radius 2 is 0.791 bits per heavy atom. The number of carbonyl (C=O) groups is 1. The van der Waals surface area contributed by atoms with Gasteiger partial charge >= 0.3 is 57.4 Å². The van der Waals surface area contributed by atoms with Crippen molar-refractivity contribution >= 4 is 11.9 Å². The summed E-state index contributed by atoms with van der Waals surface area (Å²) in [6.07, 6.45) is 30.1. The first-order valence-corrected chi connectivity index (χ1v) is 33.4. The zero-order chi connectivity index (χ0) is 61.8. The van der Waals surface area contributed by atoms with Gasteiger partial charge in [-0.3, -0.25) is 4.99 Å². The monoisotopic (exact) mass is 1270 g/mol. The van der Waals surface area contributed by atoms with Crippen LogP contribution in [0.4, 0.5) is 0 Å². The summed E-state index contributed by atoms with van der Waals surface area (Å²) in [5.74, 6) is -4.76. The van der Waals surface area contributed by atoms with Crippen LogP contribution in [0, 0.1) is 0 Å². The molecule has 0 amide bonds. The molecular formula is C64H124KNO20. The van der Waals surface area contributed by atoms with Crippen molar-refractivity contribution in [1.29, 1.82) is 0 Å². The summed E-state index contributed by atoms with van der Waals surface area (Å²) >= 11 is 0. The van der Waals surface area contributed by atoms with Crippen molar-refractivity contribution in [3.8, 4) is 0 Å². The van der Waals surface area contributed by atoms with Gasteiger partial charge in [-0.2, -0.15) is 0 Å². The number of unbranched alkanes of at least 4 members (excludes halogenated alkanes) is 26. The van der Waals surface area contributed by atoms with Gasteiger partial charge in [0.05, 0.1) is 145 Å². The molecule has 1 aliphatic heterocycles. The third-order valence-electron chi connectivity index (χ3n) is 14.7. The van der Waals surface area contributed by atoms with E-state index >= 15 is 0 Å². The van der Waals surface area contributed by atoms with Crippen molar-refractivity contribution in [2.75, 3.05) is 152 Å². The minimum atomic E-state index is -2.44. The summed E-state index contributed by atoms with van der Waals surface area (Å²) in [5, 5.41) is 61.9. The number of aliphatic carboxylic acids is 1. The van der Waals surface area contributed by atoms with Crippen molar-refractivity contribution in [3.63, 3.8) is 0 Å². The molecule has 0 aliphatic carbocycles. The van der Waals surface area contributed by atoms with Gasteiger partial charge in [0.25, 0.3) is 5.79 Å². The Hall–Kier alpha value is -0.104. The normalized spacial score (nSPS) is 18.4. The summed E-state index contributed by atoms with van der Waals surface area (Å²) in [6, 6.07) is -1.40. The molecule has 1 fully saturated rings. The van der Waals surface area contributed by atoms with Crippen molar-refractivity contribution in [2.45, 2.75) is 249 Å². The molecule has 0 aromatic rings. The average molecular weight is 1270 g/mol. The minimum absolute atomic E-state index is 0. The van der Waals surface area contributed by atoms with Gasteiger partial charge in [-0.1, -0.05) is 181 Å². The van der Waals surface area contributed by atoms with E-state index in [1.165, 1.54) is 167 Å². The van der Waals surface area contributed by atoms with Crippen LogP contribution in [0.5, 0.6) is 0 Å². The number of aliphatic hydroxyl groups excluding tert-OH is 4. The van der Waals surface area contributed by atoms with Gasteiger partial charge < -0.3 is 92.2 Å². The third-order valence-corrected chi connectivity index (χ3v) is 14.7. The number of hydrogen-bond acceptors (Lipinski definition) is 20. The van der Waals surface area contributed by atoms with E-state index in [1.54, 1.807) is 0 Å². The van der Waals surface area contributed by atoms with E-state index in [-0.39, 0.29) is 83.9 Å². The molecule has 0 aromatic carbocycles. The number of ether oxygens (including phenoxy) is 13. The first kappa shape index (κ1) is 85.9. The van der Waals surface area contributed by atoms with E-state index in [0.717, 1.165) is 33.0 Å². The Labute approximate surface area is 562 Å². The number of aliphatic hydroxyl groups is 4. The maximum atomic E-state index is 12.2. The second-order valence-electron chi connectivity index (χ2n) is 22.4. The largest absolute Gasteiger partial charge is 1.00 e. The Morgan fingerprint density at radius 3 is 1.12 bits per heavy atom. The third kappa shape index (κ3) is 51.4. The van der Waals surface area contributed by atoms with Gasteiger partial charge in [-0.25, -0.2) is 4.79 Å². The SMILES string of the molecule is CCCCCCCCCCCCCCCCOCC(COCCOCCOCCOCCOCCOCCOCCOCCOCCO[C@@]1(C(=O)O)C[C@H](O)[C@@H](N=C(C)[O-])[C@H]([C@H](O)[C@H](O)CO)O1)OCCCCCCCCCCCCCCCC.[K+]. The van der Waals surface area contributed by atoms with Crippen LogP contribution in [0.1, 0.15) is 207 Å². The van der Waals surface area contributed by atoms with E-state index < -0.39 is 61.1 Å². The first-order valence-electron chi connectivity index (χ1n) is 33.4. The van der Waals surface area contributed by atoms with E-state index in [9.17, 15) is 35.4 Å². The molecule has 5 N–H and O–H groups in total. The maximum absolute atomic E-state index is 12.2. The second-order valence-corrected chi connectivity index (χ2v) is 22.4. The van der Waals surface area contributed by atoms with Gasteiger partial charge in [0, 0.05) is 19.6 Å². The van der Waals surface area contributed by atoms with Gasteiger partial charge in [0.2, 0.25) is 0 Å². The molecular weight excluding hydrogens is 1140 g/mol. The Balaban J connectivity index is 0.0000722. The van der Waals surface area contributed by atoms with Gasteiger partial charge in [0.1, 0.15) is 30.5 Å². The van der Waals surface area contributed by atoms with Crippen molar-refractivity contribution in [3.05, 3.63) is 0 Å². The van der Waals surface area contributed by atoms with Gasteiger partial charge in [0.15, 0.2) is 0 Å². The predicted octanol–water partition coefficient (Wildman–Crippen LogP) is 5.31. The summed E-state index contributed by atoms with van der Waals surface area (Å²) < 4.78 is 73.9. The fraction of sp³-hybridized carbons (Fsp3) is 0.969. The van der Waals surface area contributed by atoms with Crippen LogP contribution < -0.4 is 56.5 Å². The van der Waals surface area contributed by atoms with E-state index in [4.69, 9.17) is 61.6 Å². The standard InChI is InChI=1S/C64H125NO20.K/c1-4-6-8-10-12-14-16-18-20-22-24-26-28-30-32-81-54-57(83-33-31-29-27-25-23-21-19-17-15-13-11-9-7-5-2)55-82-49-48-79-45-44-77-41-40-75-37-36-73-34-35-74-38-39-76-42-43-78-46-47-80-50-51-84-64(63(71)72)52-58(68)60(65-56(3)67)62(85-64)61(70)59(69)53-66;/h57-62,66,68-70H,4-55H2,1-3H3,(H,65,67)(H,71,72);/q;+1/p-1/t57?,58-,59+,60+,61+,62+,64-;/m0./s1. The van der Waals surface area contributed by atoms with Crippen LogP contribution in [0.25, 0.3) is 0 Å². The summed E-state index contributed by atoms with van der Waals surface area (Å²) in [5.41, 5.74) is 0. The molecule has 22 heteroatoms. The van der Waals surface area contributed by atoms with Gasteiger partial charge in [-0.05, 0) is 25.7 Å². The molecule has 0 radical (unpaired) electrons. The van der Waals surface area contributed by atoms with Crippen LogP contribution in [-0.4, -0.2) is 232 Å². The predicted molar refractivity (Wildman–Crippen MR) is 326 cm³/mol. The number of aliphatic imine (C=N–C) groups is 1. The second kappa shape index (κ2) is 65.0. The molecule has 0 aromatic heterocycles. The fourth-order valence-electron chi connectivity index (χ4n) is 9.76. The molecule has 0 saturated carbocycles. The summed E-state index contributed by atoms with van der Waals surface area (Å²) in [7, 11) is 0. The van der Waals surface area contributed by atoms with Crippen LogP contribution >= 0.6 is 0 Å². The van der Waals surface area contributed by atoms with Gasteiger partial charge in [-0.15, -0.1) is 0 Å². The zero-order valence-corrected chi connectivity index (χ0v) is 57.7. The molecule has 21 nitrogen and oxygen atoms in total. The summed E-state index contributed by atoms with van der Waals surface area (Å²) in [6.45, 7) is 13.5. The molecule has 86 heavy (non-hydrogen) atoms. The van der Waals surface area contributed by atoms with Crippen LogP contribution in [0.3, 0.4) is 0 Å². The maximum Gasteiger partial charge on any atom is 1.00 e. The summed E-state index contributed by atoms with van der Waals surface area (Å²) in [4.78, 5) is 15.9. The number of rotatable bonds is 68. The van der Waals surface area contributed by atoms with Crippen molar-refractivity contribution in [2.24, 2.45) is 4.99 Å². The molecule has 1 unspecified atom stereocenters. The zero-order valence-electron chi connectivity index (χ0n) is 54.5. The van der Waals surface area contributed by atoms with E-state index in [1.807, 2.05) is 0 Å². The quantitative estimate of drug-likeness (QED) is 0.0223. The Kier molecular flexibility index (Phi) is 64.9. The number of carboxylic acids is 1. The molecule has 0 spiro atoms. The molecule has 1 heterocycles. The average Bonchev–Trinajstić information content (AvgIpc) is 0.964. The molecule has 1 rings (SSSR count). The molecule has 506 valence electrons. The first-order chi connectivity index (χ1) is 41.6. The number of hydrogen-bond donors (Lipinski definition) is 5. The van der Waals surface area contributed by atoms with Crippen molar-refractivity contribution in [1.82, 2.24) is 0 Å². The van der Waals surface area contributed by atoms with Crippen LogP contribution in [0.15, 0.2) is 4.99 Å². The van der Waals surface area contributed by atoms with Crippen LogP contribution in [-0.2, 0) is 66.4 Å². The molecule has 0 bridgehead atoms. The number of nitrogens with zero attached hydrogens (tertiary/aromatic N) is 1. The minimum Gasteiger partial charge on any atom is -0.862 e. The molecule has 7 atom stereocenters. The van der Waals surface area contributed by atoms with E-state index in [2.05, 4.69) is 18.8 Å².